The molecule has 5 heteroatoms. The first kappa shape index (κ1) is 20.3. The number of rotatable bonds is 6. The summed E-state index contributed by atoms with van der Waals surface area (Å²) >= 11 is 0. The predicted molar refractivity (Wildman–Crippen MR) is 116 cm³/mol. The molecule has 1 unspecified atom stereocenters. The van der Waals surface area contributed by atoms with Gasteiger partial charge in [0.25, 0.3) is 0 Å². The first-order valence-corrected chi connectivity index (χ1v) is 9.50. The maximum atomic E-state index is 13.8. The van der Waals surface area contributed by atoms with E-state index in [0.717, 1.165) is 16.7 Å². The molecule has 0 spiro atoms. The number of hydrogen-bond acceptors (Lipinski definition) is 2. The van der Waals surface area contributed by atoms with Crippen LogP contribution in [-0.4, -0.2) is 24.6 Å². The zero-order valence-electron chi connectivity index (χ0n) is 16.5. The van der Waals surface area contributed by atoms with Gasteiger partial charge in [0.05, 0.1) is 0 Å². The zero-order chi connectivity index (χ0) is 20.6. The summed E-state index contributed by atoms with van der Waals surface area (Å²) in [5.41, 5.74) is 3.46. The Morgan fingerprint density at radius 2 is 1.72 bits per heavy atom. The number of pyridine rings is 1. The zero-order valence-corrected chi connectivity index (χ0v) is 16.5. The van der Waals surface area contributed by atoms with Crippen LogP contribution in [0.3, 0.4) is 0 Å². The maximum Gasteiger partial charge on any atom is 0.321 e. The molecule has 0 bridgehead atoms. The molecular formula is C24H24FN3O. The number of aromatic nitrogens is 1. The monoisotopic (exact) mass is 389 g/mol. The molecule has 0 aliphatic carbocycles. The number of halogens is 1. The fourth-order valence-corrected chi connectivity index (χ4v) is 3.08. The van der Waals surface area contributed by atoms with E-state index in [1.807, 2.05) is 48.5 Å². The third kappa shape index (κ3) is 5.29. The molecule has 0 fully saturated rings. The molecule has 148 valence electrons. The van der Waals surface area contributed by atoms with Gasteiger partial charge in [-0.25, -0.2) is 9.78 Å². The van der Waals surface area contributed by atoms with E-state index in [2.05, 4.69) is 35.4 Å². The Labute approximate surface area is 170 Å². The van der Waals surface area contributed by atoms with E-state index in [4.69, 9.17) is 0 Å². The van der Waals surface area contributed by atoms with Crippen LogP contribution in [-0.2, 0) is 0 Å². The number of nitrogens with one attached hydrogen (secondary N) is 1. The summed E-state index contributed by atoms with van der Waals surface area (Å²) < 4.78 is 13.8. The lowest BCUT2D eigenvalue weighted by Gasteiger charge is -2.21. The van der Waals surface area contributed by atoms with Gasteiger partial charge in [0.15, 0.2) is 0 Å². The van der Waals surface area contributed by atoms with Crippen molar-refractivity contribution in [2.24, 2.45) is 5.92 Å². The molecule has 0 saturated heterocycles. The van der Waals surface area contributed by atoms with Crippen LogP contribution in [0.5, 0.6) is 0 Å². The minimum absolute atomic E-state index is 0.0497. The van der Waals surface area contributed by atoms with Crippen molar-refractivity contribution in [3.8, 4) is 0 Å². The van der Waals surface area contributed by atoms with Crippen molar-refractivity contribution in [3.63, 3.8) is 0 Å². The van der Waals surface area contributed by atoms with Gasteiger partial charge in [-0.3, -0.25) is 4.90 Å². The predicted octanol–water partition coefficient (Wildman–Crippen LogP) is 5.24. The van der Waals surface area contributed by atoms with Gasteiger partial charge < -0.3 is 5.32 Å². The summed E-state index contributed by atoms with van der Waals surface area (Å²) in [4.78, 5) is 17.3. The van der Waals surface area contributed by atoms with Crippen molar-refractivity contribution in [2.45, 2.75) is 6.92 Å². The largest absolute Gasteiger partial charge is 0.337 e. The fourth-order valence-electron chi connectivity index (χ4n) is 3.08. The fraction of sp³-hybridized carbons (Fsp3) is 0.167. The minimum Gasteiger partial charge on any atom is -0.337 e. The Kier molecular flexibility index (Phi) is 6.74. The first-order chi connectivity index (χ1) is 14.1. The SMILES string of the molecule is CC(CNC(=O)N(C)c1cccnc1F)C(=Cc1ccccc1)c1ccccc1. The van der Waals surface area contributed by atoms with Crippen LogP contribution in [0.1, 0.15) is 18.1 Å². The van der Waals surface area contributed by atoms with E-state index in [1.165, 1.54) is 24.2 Å². The van der Waals surface area contributed by atoms with Gasteiger partial charge in [-0.15, -0.1) is 0 Å². The molecule has 2 aromatic carbocycles. The first-order valence-electron chi connectivity index (χ1n) is 9.50. The van der Waals surface area contributed by atoms with E-state index in [1.54, 1.807) is 6.07 Å². The lowest BCUT2D eigenvalue weighted by atomic mass is 9.92. The van der Waals surface area contributed by atoms with Gasteiger partial charge in [-0.05, 0) is 34.8 Å². The molecule has 0 radical (unpaired) electrons. The van der Waals surface area contributed by atoms with Gasteiger partial charge in [0.2, 0.25) is 5.95 Å². The molecule has 1 N–H and O–H groups in total. The Morgan fingerprint density at radius 3 is 2.38 bits per heavy atom. The Bertz CT molecular complexity index is 974. The van der Waals surface area contributed by atoms with Crippen molar-refractivity contribution < 1.29 is 9.18 Å². The standard InChI is InChI=1S/C24H24FN3O/c1-18(17-27-24(29)28(2)22-14-9-15-26-23(22)25)21(20-12-7-4-8-13-20)16-19-10-5-3-6-11-19/h3-16,18H,17H2,1-2H3,(H,27,29). The van der Waals surface area contributed by atoms with Crippen molar-refractivity contribution in [2.75, 3.05) is 18.5 Å². The third-order valence-corrected chi connectivity index (χ3v) is 4.72. The van der Waals surface area contributed by atoms with E-state index in [9.17, 15) is 9.18 Å². The second-order valence-corrected chi connectivity index (χ2v) is 6.84. The van der Waals surface area contributed by atoms with Crippen LogP contribution in [0.4, 0.5) is 14.9 Å². The van der Waals surface area contributed by atoms with Crippen LogP contribution in [0.15, 0.2) is 79.0 Å². The second kappa shape index (κ2) is 9.64. The lowest BCUT2D eigenvalue weighted by Crippen LogP contribution is -2.40. The summed E-state index contributed by atoms with van der Waals surface area (Å²) in [6, 6.07) is 22.9. The third-order valence-electron chi connectivity index (χ3n) is 4.72. The Balaban J connectivity index is 1.75. The normalized spacial score (nSPS) is 12.3. The van der Waals surface area contributed by atoms with Crippen LogP contribution in [0, 0.1) is 11.9 Å². The summed E-state index contributed by atoms with van der Waals surface area (Å²) in [5.74, 6) is -0.624. The minimum atomic E-state index is -0.674. The van der Waals surface area contributed by atoms with Crippen LogP contribution >= 0.6 is 0 Å². The Morgan fingerprint density at radius 1 is 1.07 bits per heavy atom. The molecule has 1 atom stereocenters. The number of carbonyl (C=O) groups is 1. The summed E-state index contributed by atoms with van der Waals surface area (Å²) in [6.07, 6.45) is 3.49. The molecule has 0 aliphatic heterocycles. The van der Waals surface area contributed by atoms with Gasteiger partial charge in [0, 0.05) is 19.8 Å². The van der Waals surface area contributed by atoms with Crippen molar-refractivity contribution in [1.82, 2.24) is 10.3 Å². The highest BCUT2D eigenvalue weighted by Crippen LogP contribution is 2.26. The molecule has 3 aromatic rings. The van der Waals surface area contributed by atoms with E-state index < -0.39 is 5.95 Å². The van der Waals surface area contributed by atoms with E-state index in [-0.39, 0.29) is 17.6 Å². The molecular weight excluding hydrogens is 365 g/mol. The molecule has 1 aromatic heterocycles. The topological polar surface area (TPSA) is 45.2 Å². The van der Waals surface area contributed by atoms with Crippen LogP contribution in [0.2, 0.25) is 0 Å². The number of hydrogen-bond donors (Lipinski definition) is 1. The summed E-state index contributed by atoms with van der Waals surface area (Å²) in [5, 5.41) is 2.90. The number of anilines is 1. The second-order valence-electron chi connectivity index (χ2n) is 6.84. The lowest BCUT2D eigenvalue weighted by molar-refractivity contribution is 0.246. The summed E-state index contributed by atoms with van der Waals surface area (Å²) in [6.45, 7) is 2.48. The van der Waals surface area contributed by atoms with Gasteiger partial charge in [0.1, 0.15) is 5.69 Å². The average Bonchev–Trinajstić information content (AvgIpc) is 2.76. The number of benzene rings is 2. The highest BCUT2D eigenvalue weighted by Gasteiger charge is 2.17. The summed E-state index contributed by atoms with van der Waals surface area (Å²) in [7, 11) is 1.53. The van der Waals surface area contributed by atoms with Crippen LogP contribution in [0.25, 0.3) is 11.6 Å². The van der Waals surface area contributed by atoms with Gasteiger partial charge in [-0.2, -0.15) is 4.39 Å². The van der Waals surface area contributed by atoms with Gasteiger partial charge >= 0.3 is 6.03 Å². The number of nitrogens with zero attached hydrogens (tertiary/aromatic N) is 2. The molecule has 3 rings (SSSR count). The highest BCUT2D eigenvalue weighted by atomic mass is 19.1. The average molecular weight is 389 g/mol. The molecule has 4 nitrogen and oxygen atoms in total. The van der Waals surface area contributed by atoms with Crippen molar-refractivity contribution in [3.05, 3.63) is 96.1 Å². The smallest absolute Gasteiger partial charge is 0.321 e. The quantitative estimate of drug-likeness (QED) is 0.463. The van der Waals surface area contributed by atoms with E-state index in [0.29, 0.717) is 6.54 Å². The molecule has 29 heavy (non-hydrogen) atoms. The Hall–Kier alpha value is -3.47. The van der Waals surface area contributed by atoms with Gasteiger partial charge in [-0.1, -0.05) is 73.7 Å². The highest BCUT2D eigenvalue weighted by molar-refractivity contribution is 5.91. The number of urea groups is 1. The maximum absolute atomic E-state index is 13.8. The van der Waals surface area contributed by atoms with Crippen molar-refractivity contribution in [1.29, 1.82) is 0 Å². The van der Waals surface area contributed by atoms with Crippen molar-refractivity contribution >= 4 is 23.4 Å². The number of amides is 2. The molecule has 2 amide bonds. The molecule has 1 heterocycles. The van der Waals surface area contributed by atoms with E-state index >= 15 is 0 Å². The molecule has 0 saturated carbocycles. The van der Waals surface area contributed by atoms with Crippen LogP contribution < -0.4 is 10.2 Å². The number of carbonyl (C=O) groups excluding carboxylic acids is 1. The molecule has 0 aliphatic rings.